The summed E-state index contributed by atoms with van der Waals surface area (Å²) in [6.07, 6.45) is 5.16. The summed E-state index contributed by atoms with van der Waals surface area (Å²) in [6, 6.07) is 10.3. The van der Waals surface area contributed by atoms with Crippen molar-refractivity contribution >= 4 is 23.2 Å². The van der Waals surface area contributed by atoms with E-state index in [0.29, 0.717) is 17.6 Å². The van der Waals surface area contributed by atoms with Crippen LogP contribution in [0.3, 0.4) is 0 Å². The minimum Gasteiger partial charge on any atom is -0.369 e. The number of hydrogen-bond donors (Lipinski definition) is 2. The van der Waals surface area contributed by atoms with E-state index in [1.54, 1.807) is 12.3 Å². The second-order valence-electron chi connectivity index (χ2n) is 11.0. The molecule has 3 fully saturated rings. The average Bonchev–Trinajstić information content (AvgIpc) is 3.18. The van der Waals surface area contributed by atoms with Gasteiger partial charge in [0.2, 0.25) is 5.95 Å². The summed E-state index contributed by atoms with van der Waals surface area (Å²) in [4.78, 5) is 26.8. The van der Waals surface area contributed by atoms with Gasteiger partial charge in [0.15, 0.2) is 0 Å². The third-order valence-electron chi connectivity index (χ3n) is 9.30. The molecule has 2 bridgehead atoms. The molecule has 3 unspecified atom stereocenters. The molecular formula is C27H38N6O. The highest BCUT2D eigenvalue weighted by Crippen LogP contribution is 2.65. The first kappa shape index (κ1) is 23.1. The number of nitrogens with zero attached hydrogens (tertiary/aromatic N) is 4. The molecule has 7 heteroatoms. The van der Waals surface area contributed by atoms with Gasteiger partial charge in [-0.2, -0.15) is 0 Å². The summed E-state index contributed by atoms with van der Waals surface area (Å²) in [5, 5.41) is 6.56. The van der Waals surface area contributed by atoms with Crippen LogP contribution in [0.1, 0.15) is 57.4 Å². The van der Waals surface area contributed by atoms with Gasteiger partial charge in [0.1, 0.15) is 5.69 Å². The molecule has 182 valence electrons. The summed E-state index contributed by atoms with van der Waals surface area (Å²) < 4.78 is 0. The van der Waals surface area contributed by atoms with Gasteiger partial charge in [-0.25, -0.2) is 9.97 Å². The molecule has 2 N–H and O–H groups in total. The number of aromatic nitrogens is 2. The molecule has 1 amide bonds. The standard InChI is InChI=1S/C27H38N6O/c1-5-32-14-16-33(17-15-32)21-8-6-20(7-9-21)29-25-28-13-11-22(30-25)24(34)31-23-18-19-10-12-27(23,4)26(19,2)3/h6-9,11,13,19,23H,5,10,12,14-18H2,1-4H3,(H,31,34)(H,28,29,30). The van der Waals surface area contributed by atoms with E-state index in [-0.39, 0.29) is 22.8 Å². The monoisotopic (exact) mass is 462 g/mol. The third-order valence-corrected chi connectivity index (χ3v) is 9.30. The van der Waals surface area contributed by atoms with Gasteiger partial charge in [-0.1, -0.05) is 27.7 Å². The Hall–Kier alpha value is -2.67. The molecule has 3 aliphatic rings. The Labute approximate surface area is 203 Å². The lowest BCUT2D eigenvalue weighted by Crippen LogP contribution is -2.47. The fourth-order valence-electron chi connectivity index (χ4n) is 6.41. The average molecular weight is 463 g/mol. The molecule has 1 aromatic heterocycles. The third kappa shape index (κ3) is 4.04. The van der Waals surface area contributed by atoms with E-state index in [4.69, 9.17) is 0 Å². The minimum absolute atomic E-state index is 0.110. The second-order valence-corrected chi connectivity index (χ2v) is 11.0. The summed E-state index contributed by atoms with van der Waals surface area (Å²) in [7, 11) is 0. The summed E-state index contributed by atoms with van der Waals surface area (Å²) in [6.45, 7) is 14.7. The van der Waals surface area contributed by atoms with Crippen molar-refractivity contribution in [1.82, 2.24) is 20.2 Å². The number of rotatable bonds is 6. The number of amides is 1. The predicted octanol–water partition coefficient (Wildman–Crippen LogP) is 4.31. The fourth-order valence-corrected chi connectivity index (χ4v) is 6.41. The Morgan fingerprint density at radius 3 is 2.44 bits per heavy atom. The Morgan fingerprint density at radius 1 is 1.09 bits per heavy atom. The van der Waals surface area contributed by atoms with Crippen molar-refractivity contribution in [3.8, 4) is 0 Å². The molecule has 2 heterocycles. The van der Waals surface area contributed by atoms with E-state index in [9.17, 15) is 4.79 Å². The van der Waals surface area contributed by atoms with Crippen LogP contribution in [0.15, 0.2) is 36.5 Å². The maximum absolute atomic E-state index is 13.1. The number of likely N-dealkylation sites (N-methyl/N-ethyl adjacent to an activating group) is 1. The lowest BCUT2D eigenvalue weighted by molar-refractivity contribution is 0.0821. The number of anilines is 3. The molecule has 34 heavy (non-hydrogen) atoms. The molecule has 5 rings (SSSR count). The highest BCUT2D eigenvalue weighted by Gasteiger charge is 2.61. The maximum Gasteiger partial charge on any atom is 0.270 e. The molecule has 2 saturated carbocycles. The van der Waals surface area contributed by atoms with Crippen molar-refractivity contribution in [2.75, 3.05) is 42.9 Å². The van der Waals surface area contributed by atoms with Gasteiger partial charge in [-0.3, -0.25) is 4.79 Å². The van der Waals surface area contributed by atoms with Crippen molar-refractivity contribution in [2.24, 2.45) is 16.7 Å². The molecule has 0 spiro atoms. The quantitative estimate of drug-likeness (QED) is 0.667. The van der Waals surface area contributed by atoms with Gasteiger partial charge >= 0.3 is 0 Å². The highest BCUT2D eigenvalue weighted by atomic mass is 16.2. The molecule has 1 aliphatic heterocycles. The van der Waals surface area contributed by atoms with E-state index in [0.717, 1.165) is 44.8 Å². The maximum atomic E-state index is 13.1. The second kappa shape index (κ2) is 8.84. The van der Waals surface area contributed by atoms with Crippen molar-refractivity contribution in [2.45, 2.75) is 53.0 Å². The number of piperazine rings is 1. The van der Waals surface area contributed by atoms with Gasteiger partial charge in [0.05, 0.1) is 0 Å². The smallest absolute Gasteiger partial charge is 0.270 e. The Kier molecular flexibility index (Phi) is 6.00. The van der Waals surface area contributed by atoms with E-state index in [1.807, 2.05) is 0 Å². The summed E-state index contributed by atoms with van der Waals surface area (Å²) >= 11 is 0. The van der Waals surface area contributed by atoms with Gasteiger partial charge in [0.25, 0.3) is 5.91 Å². The molecule has 2 aliphatic carbocycles. The van der Waals surface area contributed by atoms with Crippen molar-refractivity contribution in [1.29, 1.82) is 0 Å². The number of carbonyl (C=O) groups is 1. The van der Waals surface area contributed by atoms with Gasteiger partial charge < -0.3 is 20.4 Å². The minimum atomic E-state index is -0.110. The van der Waals surface area contributed by atoms with Crippen LogP contribution in [0, 0.1) is 16.7 Å². The first-order valence-electron chi connectivity index (χ1n) is 12.8. The SMILES string of the molecule is CCN1CCN(c2ccc(Nc3nccc(C(=O)NC4CC5CCC4(C)C5(C)C)n3)cc2)CC1. The zero-order valence-electron chi connectivity index (χ0n) is 21.0. The Morgan fingerprint density at radius 2 is 1.82 bits per heavy atom. The number of carbonyl (C=O) groups excluding carboxylic acids is 1. The van der Waals surface area contributed by atoms with Crippen LogP contribution < -0.4 is 15.5 Å². The molecular weight excluding hydrogens is 424 g/mol. The topological polar surface area (TPSA) is 73.4 Å². The normalized spacial score (nSPS) is 28.2. The molecule has 7 nitrogen and oxygen atoms in total. The Bertz CT molecular complexity index is 1030. The first-order valence-corrected chi connectivity index (χ1v) is 12.8. The number of nitrogens with one attached hydrogen (secondary N) is 2. The largest absolute Gasteiger partial charge is 0.369 e. The van der Waals surface area contributed by atoms with Crippen molar-refractivity contribution in [3.63, 3.8) is 0 Å². The summed E-state index contributed by atoms with van der Waals surface area (Å²) in [5.74, 6) is 1.02. The highest BCUT2D eigenvalue weighted by molar-refractivity contribution is 5.92. The molecule has 0 radical (unpaired) electrons. The molecule has 3 atom stereocenters. The van der Waals surface area contributed by atoms with Gasteiger partial charge in [0, 0.05) is 49.8 Å². The fraction of sp³-hybridized carbons (Fsp3) is 0.593. The first-order chi connectivity index (χ1) is 16.3. The molecule has 1 saturated heterocycles. The number of benzene rings is 1. The number of hydrogen-bond acceptors (Lipinski definition) is 6. The van der Waals surface area contributed by atoms with Gasteiger partial charge in [-0.05, 0) is 72.9 Å². The lowest BCUT2D eigenvalue weighted by atomic mass is 9.69. The van der Waals surface area contributed by atoms with Crippen LogP contribution in [-0.2, 0) is 0 Å². The van der Waals surface area contributed by atoms with E-state index in [2.05, 4.69) is 82.4 Å². The van der Waals surface area contributed by atoms with Crippen molar-refractivity contribution < 1.29 is 4.79 Å². The van der Waals surface area contributed by atoms with E-state index in [1.165, 1.54) is 18.5 Å². The number of fused-ring (bicyclic) bond motifs is 2. The Balaban J connectivity index is 1.21. The predicted molar refractivity (Wildman–Crippen MR) is 137 cm³/mol. The van der Waals surface area contributed by atoms with Crippen LogP contribution in [0.2, 0.25) is 0 Å². The zero-order chi connectivity index (χ0) is 23.9. The summed E-state index contributed by atoms with van der Waals surface area (Å²) in [5.41, 5.74) is 2.96. The van der Waals surface area contributed by atoms with Gasteiger partial charge in [-0.15, -0.1) is 0 Å². The molecule has 2 aromatic rings. The van der Waals surface area contributed by atoms with E-state index >= 15 is 0 Å². The van der Waals surface area contributed by atoms with Crippen LogP contribution in [0.25, 0.3) is 0 Å². The van der Waals surface area contributed by atoms with Crippen LogP contribution >= 0.6 is 0 Å². The van der Waals surface area contributed by atoms with E-state index < -0.39 is 0 Å². The lowest BCUT2D eigenvalue weighted by Gasteiger charge is -2.39. The van der Waals surface area contributed by atoms with Crippen LogP contribution in [0.4, 0.5) is 17.3 Å². The zero-order valence-corrected chi connectivity index (χ0v) is 21.0. The van der Waals surface area contributed by atoms with Crippen molar-refractivity contribution in [3.05, 3.63) is 42.2 Å². The molecule has 1 aromatic carbocycles. The van der Waals surface area contributed by atoms with Crippen LogP contribution in [0.5, 0.6) is 0 Å². The van der Waals surface area contributed by atoms with Crippen LogP contribution in [-0.4, -0.2) is 59.5 Å².